The molecule has 2 aromatic rings. The second kappa shape index (κ2) is 5.28. The summed E-state index contributed by atoms with van der Waals surface area (Å²) in [7, 11) is 0. The van der Waals surface area contributed by atoms with E-state index in [4.69, 9.17) is 4.42 Å². The van der Waals surface area contributed by atoms with E-state index in [0.29, 0.717) is 10.2 Å². The SMILES string of the molecule is Cc1coc(Sc2nc3c(cc2C(=O)O)CCCC3)n1. The van der Waals surface area contributed by atoms with Crippen LogP contribution in [0.4, 0.5) is 0 Å². The van der Waals surface area contributed by atoms with Crippen LogP contribution in [0.1, 0.15) is 40.2 Å². The molecular formula is C14H14N2O3S. The first-order valence-corrected chi connectivity index (χ1v) is 7.31. The van der Waals surface area contributed by atoms with E-state index < -0.39 is 5.97 Å². The minimum atomic E-state index is -0.961. The molecule has 2 heterocycles. The number of fused-ring (bicyclic) bond motifs is 1. The van der Waals surface area contributed by atoms with Crippen molar-refractivity contribution in [2.24, 2.45) is 0 Å². The van der Waals surface area contributed by atoms with E-state index in [1.54, 1.807) is 12.3 Å². The topological polar surface area (TPSA) is 76.2 Å². The van der Waals surface area contributed by atoms with Crippen molar-refractivity contribution in [3.8, 4) is 0 Å². The molecule has 0 amide bonds. The summed E-state index contributed by atoms with van der Waals surface area (Å²) in [5.74, 6) is -0.961. The highest BCUT2D eigenvalue weighted by molar-refractivity contribution is 7.99. The minimum absolute atomic E-state index is 0.228. The van der Waals surface area contributed by atoms with Crippen LogP contribution >= 0.6 is 11.8 Å². The number of carboxylic acids is 1. The van der Waals surface area contributed by atoms with Crippen molar-refractivity contribution >= 4 is 17.7 Å². The van der Waals surface area contributed by atoms with Gasteiger partial charge in [-0.25, -0.2) is 14.8 Å². The lowest BCUT2D eigenvalue weighted by Crippen LogP contribution is -2.10. The zero-order valence-electron chi connectivity index (χ0n) is 11.0. The maximum absolute atomic E-state index is 11.4. The average molecular weight is 290 g/mol. The van der Waals surface area contributed by atoms with Crippen LogP contribution < -0.4 is 0 Å². The first kappa shape index (κ1) is 13.2. The van der Waals surface area contributed by atoms with E-state index in [9.17, 15) is 9.90 Å². The molecule has 1 aliphatic carbocycles. The summed E-state index contributed by atoms with van der Waals surface area (Å²) in [5.41, 5.74) is 3.06. The molecule has 0 aromatic carbocycles. The van der Waals surface area contributed by atoms with Crippen LogP contribution in [-0.4, -0.2) is 21.0 Å². The lowest BCUT2D eigenvalue weighted by atomic mass is 9.95. The molecule has 0 saturated carbocycles. The van der Waals surface area contributed by atoms with Crippen molar-refractivity contribution in [1.82, 2.24) is 9.97 Å². The number of hydrogen-bond donors (Lipinski definition) is 1. The fraction of sp³-hybridized carbons (Fsp3) is 0.357. The van der Waals surface area contributed by atoms with E-state index in [1.807, 2.05) is 6.92 Å². The van der Waals surface area contributed by atoms with Gasteiger partial charge in [0.05, 0.1) is 11.3 Å². The summed E-state index contributed by atoms with van der Waals surface area (Å²) in [6.07, 6.45) is 5.56. The smallest absolute Gasteiger partial charge is 0.338 e. The van der Waals surface area contributed by atoms with Crippen molar-refractivity contribution in [2.75, 3.05) is 0 Å². The molecule has 0 radical (unpaired) electrons. The molecule has 104 valence electrons. The van der Waals surface area contributed by atoms with Crippen LogP contribution in [0.15, 0.2) is 27.0 Å². The average Bonchev–Trinajstić information content (AvgIpc) is 2.83. The third kappa shape index (κ3) is 2.56. The Morgan fingerprint density at radius 1 is 1.35 bits per heavy atom. The van der Waals surface area contributed by atoms with Gasteiger partial charge in [-0.05, 0) is 56.0 Å². The van der Waals surface area contributed by atoms with E-state index in [-0.39, 0.29) is 5.56 Å². The summed E-state index contributed by atoms with van der Waals surface area (Å²) < 4.78 is 5.27. The second-order valence-corrected chi connectivity index (χ2v) is 5.76. The summed E-state index contributed by atoms with van der Waals surface area (Å²) in [6, 6.07) is 1.75. The van der Waals surface area contributed by atoms with Crippen LogP contribution in [0.2, 0.25) is 0 Å². The highest BCUT2D eigenvalue weighted by atomic mass is 32.2. The largest absolute Gasteiger partial charge is 0.478 e. The number of aromatic nitrogens is 2. The van der Waals surface area contributed by atoms with Crippen LogP contribution in [0.25, 0.3) is 0 Å². The van der Waals surface area contributed by atoms with Gasteiger partial charge >= 0.3 is 5.97 Å². The number of carbonyl (C=O) groups is 1. The van der Waals surface area contributed by atoms with E-state index in [2.05, 4.69) is 9.97 Å². The molecule has 0 unspecified atom stereocenters. The Kier molecular flexibility index (Phi) is 3.48. The molecular weight excluding hydrogens is 276 g/mol. The van der Waals surface area contributed by atoms with Crippen molar-refractivity contribution in [1.29, 1.82) is 0 Å². The van der Waals surface area contributed by atoms with E-state index in [1.165, 1.54) is 11.8 Å². The predicted molar refractivity (Wildman–Crippen MR) is 73.2 cm³/mol. The third-order valence-electron chi connectivity index (χ3n) is 3.28. The lowest BCUT2D eigenvalue weighted by molar-refractivity contribution is 0.0692. The quantitative estimate of drug-likeness (QED) is 0.936. The molecule has 0 aliphatic heterocycles. The molecule has 0 spiro atoms. The van der Waals surface area contributed by atoms with Gasteiger partial charge < -0.3 is 9.52 Å². The highest BCUT2D eigenvalue weighted by Crippen LogP contribution is 2.31. The second-order valence-electron chi connectivity index (χ2n) is 4.82. The maximum atomic E-state index is 11.4. The zero-order valence-corrected chi connectivity index (χ0v) is 11.9. The number of aryl methyl sites for hydroxylation is 3. The third-order valence-corrected chi connectivity index (χ3v) is 4.14. The molecule has 2 aromatic heterocycles. The Labute approximate surface area is 120 Å². The van der Waals surface area contributed by atoms with Gasteiger partial charge in [0.1, 0.15) is 11.3 Å². The first-order chi connectivity index (χ1) is 9.63. The molecule has 1 N–H and O–H groups in total. The lowest BCUT2D eigenvalue weighted by Gasteiger charge is -2.16. The molecule has 0 bridgehead atoms. The zero-order chi connectivity index (χ0) is 14.1. The van der Waals surface area contributed by atoms with Crippen molar-refractivity contribution in [2.45, 2.75) is 42.9 Å². The van der Waals surface area contributed by atoms with Gasteiger partial charge in [-0.3, -0.25) is 0 Å². The molecule has 0 saturated heterocycles. The van der Waals surface area contributed by atoms with Gasteiger partial charge in [0.25, 0.3) is 5.22 Å². The van der Waals surface area contributed by atoms with E-state index >= 15 is 0 Å². The Bertz CT molecular complexity index is 666. The molecule has 1 aliphatic rings. The van der Waals surface area contributed by atoms with E-state index in [0.717, 1.165) is 42.6 Å². The predicted octanol–water partition coefficient (Wildman–Crippen LogP) is 3.11. The molecule has 0 atom stereocenters. The standard InChI is InChI=1S/C14H14N2O3S/c1-8-7-19-14(15-8)20-12-10(13(17)18)6-9-4-2-3-5-11(9)16-12/h6-7H,2-5H2,1H3,(H,17,18). The molecule has 20 heavy (non-hydrogen) atoms. The number of nitrogens with zero attached hydrogens (tertiary/aromatic N) is 2. The van der Waals surface area contributed by atoms with Gasteiger partial charge in [0, 0.05) is 5.69 Å². The number of hydrogen-bond acceptors (Lipinski definition) is 5. The summed E-state index contributed by atoms with van der Waals surface area (Å²) in [6.45, 7) is 1.83. The summed E-state index contributed by atoms with van der Waals surface area (Å²) >= 11 is 1.17. The number of oxazole rings is 1. The van der Waals surface area contributed by atoms with Crippen molar-refractivity contribution in [3.63, 3.8) is 0 Å². The number of pyridine rings is 1. The van der Waals surface area contributed by atoms with Crippen molar-refractivity contribution in [3.05, 3.63) is 34.8 Å². The normalized spacial score (nSPS) is 14.1. The molecule has 5 nitrogen and oxygen atoms in total. The summed E-state index contributed by atoms with van der Waals surface area (Å²) in [4.78, 5) is 20.1. The Morgan fingerprint density at radius 2 is 2.15 bits per heavy atom. The van der Waals surface area contributed by atoms with Crippen LogP contribution in [0.3, 0.4) is 0 Å². The summed E-state index contributed by atoms with van der Waals surface area (Å²) in [5, 5.41) is 10.2. The van der Waals surface area contributed by atoms with Gasteiger partial charge in [-0.1, -0.05) is 0 Å². The van der Waals surface area contributed by atoms with Crippen LogP contribution in [-0.2, 0) is 12.8 Å². The van der Waals surface area contributed by atoms with Crippen molar-refractivity contribution < 1.29 is 14.3 Å². The number of rotatable bonds is 3. The van der Waals surface area contributed by atoms with Crippen LogP contribution in [0.5, 0.6) is 0 Å². The number of aromatic carboxylic acids is 1. The van der Waals surface area contributed by atoms with Gasteiger partial charge in [0.15, 0.2) is 0 Å². The molecule has 6 heteroatoms. The van der Waals surface area contributed by atoms with Gasteiger partial charge in [-0.15, -0.1) is 0 Å². The Hall–Kier alpha value is -1.82. The van der Waals surface area contributed by atoms with Gasteiger partial charge in [0.2, 0.25) is 0 Å². The molecule has 0 fully saturated rings. The highest BCUT2D eigenvalue weighted by Gasteiger charge is 2.20. The monoisotopic (exact) mass is 290 g/mol. The number of carboxylic acid groups (broad SMARTS) is 1. The van der Waals surface area contributed by atoms with Crippen LogP contribution in [0, 0.1) is 6.92 Å². The maximum Gasteiger partial charge on any atom is 0.338 e. The Balaban J connectivity index is 2.01. The fourth-order valence-electron chi connectivity index (χ4n) is 2.31. The molecule has 3 rings (SSSR count). The fourth-order valence-corrected chi connectivity index (χ4v) is 3.17. The Morgan fingerprint density at radius 3 is 2.85 bits per heavy atom. The first-order valence-electron chi connectivity index (χ1n) is 6.49. The van der Waals surface area contributed by atoms with Gasteiger partial charge in [-0.2, -0.15) is 0 Å². The minimum Gasteiger partial charge on any atom is -0.478 e.